The fourth-order valence-electron chi connectivity index (χ4n) is 5.09. The van der Waals surface area contributed by atoms with Crippen molar-refractivity contribution in [3.63, 3.8) is 0 Å². The van der Waals surface area contributed by atoms with Crippen molar-refractivity contribution in [2.75, 3.05) is 18.4 Å². The largest absolute Gasteiger partial charge is 0.393 e. The summed E-state index contributed by atoms with van der Waals surface area (Å²) in [6.45, 7) is 9.02. The van der Waals surface area contributed by atoms with Crippen LogP contribution in [0.2, 0.25) is 0 Å². The molecule has 6 nitrogen and oxygen atoms in total. The van der Waals surface area contributed by atoms with E-state index in [1.807, 2.05) is 43.3 Å². The molecule has 176 valence electrons. The molecule has 0 aliphatic carbocycles. The molecule has 1 aliphatic heterocycles. The van der Waals surface area contributed by atoms with Crippen molar-refractivity contribution in [1.82, 2.24) is 14.5 Å². The number of aliphatic hydroxyl groups is 1. The second kappa shape index (κ2) is 9.20. The van der Waals surface area contributed by atoms with Crippen molar-refractivity contribution in [2.24, 2.45) is 0 Å². The first kappa shape index (κ1) is 22.6. The summed E-state index contributed by atoms with van der Waals surface area (Å²) in [5, 5.41) is 15.0. The highest BCUT2D eigenvalue weighted by molar-refractivity contribution is 6.11. The molecule has 1 amide bonds. The number of benzene rings is 2. The van der Waals surface area contributed by atoms with E-state index in [2.05, 4.69) is 46.8 Å². The maximum absolute atomic E-state index is 13.0. The number of fused-ring (bicyclic) bond motifs is 3. The molecule has 2 aromatic carbocycles. The predicted molar refractivity (Wildman–Crippen MR) is 137 cm³/mol. The minimum absolute atomic E-state index is 0.161. The van der Waals surface area contributed by atoms with Crippen molar-refractivity contribution < 1.29 is 9.90 Å². The molecule has 2 aromatic heterocycles. The Hall–Kier alpha value is -3.22. The molecular formula is C28H32N4O2. The molecule has 3 heterocycles. The van der Waals surface area contributed by atoms with Gasteiger partial charge >= 0.3 is 0 Å². The first-order valence-corrected chi connectivity index (χ1v) is 12.1. The monoisotopic (exact) mass is 456 g/mol. The standard InChI is InChI=1S/C28H32N4O2/c1-18(2)32-25-7-5-4-6-23(25)24-16-26(29-19(3)27(24)32)30-28(34)21-10-8-20(9-11-21)17-31-14-12-22(33)13-15-31/h4-11,16,18,22,33H,12-15,17H2,1-3H3,(H,29,30,34). The van der Waals surface area contributed by atoms with Gasteiger partial charge in [-0.3, -0.25) is 9.69 Å². The number of carbonyl (C=O) groups is 1. The van der Waals surface area contributed by atoms with E-state index < -0.39 is 0 Å². The van der Waals surface area contributed by atoms with Crippen LogP contribution in [0.1, 0.15) is 54.3 Å². The van der Waals surface area contributed by atoms with E-state index in [-0.39, 0.29) is 12.0 Å². The van der Waals surface area contributed by atoms with E-state index in [1.165, 1.54) is 16.5 Å². The Labute approximate surface area is 200 Å². The molecule has 0 spiro atoms. The Morgan fingerprint density at radius 3 is 2.50 bits per heavy atom. The summed E-state index contributed by atoms with van der Waals surface area (Å²) in [6.07, 6.45) is 1.49. The van der Waals surface area contributed by atoms with Crippen molar-refractivity contribution in [1.29, 1.82) is 0 Å². The summed E-state index contributed by atoms with van der Waals surface area (Å²) in [6, 6.07) is 18.4. The van der Waals surface area contributed by atoms with Crippen LogP contribution < -0.4 is 5.32 Å². The zero-order valence-corrected chi connectivity index (χ0v) is 20.1. The number of nitrogens with zero attached hydrogens (tertiary/aromatic N) is 3. The highest BCUT2D eigenvalue weighted by Gasteiger charge is 2.19. The molecule has 0 atom stereocenters. The van der Waals surface area contributed by atoms with Crippen LogP contribution in [0.25, 0.3) is 21.8 Å². The third-order valence-electron chi connectivity index (χ3n) is 6.80. The molecular weight excluding hydrogens is 424 g/mol. The summed E-state index contributed by atoms with van der Waals surface area (Å²) in [5.74, 6) is 0.407. The lowest BCUT2D eigenvalue weighted by Crippen LogP contribution is -2.35. The summed E-state index contributed by atoms with van der Waals surface area (Å²) in [5.41, 5.74) is 4.98. The number of amides is 1. The molecule has 1 saturated heterocycles. The molecule has 6 heteroatoms. The lowest BCUT2D eigenvalue weighted by atomic mass is 10.1. The highest BCUT2D eigenvalue weighted by atomic mass is 16.3. The van der Waals surface area contributed by atoms with Crippen LogP contribution in [0.4, 0.5) is 5.82 Å². The van der Waals surface area contributed by atoms with Gasteiger partial charge in [-0.05, 0) is 63.4 Å². The van der Waals surface area contributed by atoms with Crippen LogP contribution in [0.3, 0.4) is 0 Å². The van der Waals surface area contributed by atoms with Crippen molar-refractivity contribution in [3.05, 3.63) is 71.4 Å². The van der Waals surface area contributed by atoms with Gasteiger partial charge < -0.3 is 15.0 Å². The zero-order valence-electron chi connectivity index (χ0n) is 20.1. The predicted octanol–water partition coefficient (Wildman–Crippen LogP) is 5.29. The van der Waals surface area contributed by atoms with Crippen LogP contribution in [-0.2, 0) is 6.54 Å². The van der Waals surface area contributed by atoms with Gasteiger partial charge in [0.05, 0.1) is 17.3 Å². The van der Waals surface area contributed by atoms with Gasteiger partial charge in [-0.15, -0.1) is 0 Å². The second-order valence-electron chi connectivity index (χ2n) is 9.63. The highest BCUT2D eigenvalue weighted by Crippen LogP contribution is 2.34. The lowest BCUT2D eigenvalue weighted by Gasteiger charge is -2.29. The summed E-state index contributed by atoms with van der Waals surface area (Å²) >= 11 is 0. The molecule has 2 N–H and O–H groups in total. The van der Waals surface area contributed by atoms with Gasteiger partial charge in [0.25, 0.3) is 5.91 Å². The molecule has 34 heavy (non-hydrogen) atoms. The molecule has 4 aromatic rings. The van der Waals surface area contributed by atoms with Gasteiger partial charge in [-0.25, -0.2) is 4.98 Å². The van der Waals surface area contributed by atoms with Crippen LogP contribution in [0.15, 0.2) is 54.6 Å². The summed E-state index contributed by atoms with van der Waals surface area (Å²) < 4.78 is 2.32. The molecule has 5 rings (SSSR count). The quantitative estimate of drug-likeness (QED) is 0.428. The molecule has 1 fully saturated rings. The van der Waals surface area contributed by atoms with E-state index in [4.69, 9.17) is 4.98 Å². The Morgan fingerprint density at radius 2 is 1.79 bits per heavy atom. The van der Waals surface area contributed by atoms with Crippen molar-refractivity contribution in [3.8, 4) is 0 Å². The molecule has 0 radical (unpaired) electrons. The number of anilines is 1. The van der Waals surface area contributed by atoms with Crippen LogP contribution >= 0.6 is 0 Å². The number of aliphatic hydroxyl groups excluding tert-OH is 1. The van der Waals surface area contributed by atoms with Crippen LogP contribution in [-0.4, -0.2) is 44.7 Å². The minimum Gasteiger partial charge on any atom is -0.393 e. The van der Waals surface area contributed by atoms with Crippen LogP contribution in [0, 0.1) is 6.92 Å². The van der Waals surface area contributed by atoms with E-state index in [0.29, 0.717) is 17.4 Å². The Bertz CT molecular complexity index is 1330. The van der Waals surface area contributed by atoms with E-state index >= 15 is 0 Å². The van der Waals surface area contributed by atoms with E-state index in [0.717, 1.165) is 49.1 Å². The Morgan fingerprint density at radius 1 is 1.09 bits per heavy atom. The fourth-order valence-corrected chi connectivity index (χ4v) is 5.09. The number of aryl methyl sites for hydroxylation is 1. The topological polar surface area (TPSA) is 70.4 Å². The normalized spacial score (nSPS) is 15.4. The van der Waals surface area contributed by atoms with Gasteiger partial charge in [-0.2, -0.15) is 0 Å². The Kier molecular flexibility index (Phi) is 6.11. The first-order valence-electron chi connectivity index (χ1n) is 12.1. The number of carbonyl (C=O) groups excluding carboxylic acids is 1. The SMILES string of the molecule is Cc1nc(NC(=O)c2ccc(CN3CCC(O)CC3)cc2)cc2c3ccccc3n(C(C)C)c12. The lowest BCUT2D eigenvalue weighted by molar-refractivity contribution is 0.0792. The molecule has 0 bridgehead atoms. The summed E-state index contributed by atoms with van der Waals surface area (Å²) in [4.78, 5) is 20.1. The van der Waals surface area contributed by atoms with Crippen molar-refractivity contribution >= 4 is 33.5 Å². The van der Waals surface area contributed by atoms with Gasteiger partial charge in [0.1, 0.15) is 5.82 Å². The number of nitrogens with one attached hydrogen (secondary N) is 1. The second-order valence-corrected chi connectivity index (χ2v) is 9.63. The maximum atomic E-state index is 13.0. The van der Waals surface area contributed by atoms with E-state index in [9.17, 15) is 9.90 Å². The average Bonchev–Trinajstić information content (AvgIpc) is 3.16. The number of para-hydroxylation sites is 1. The number of likely N-dealkylation sites (tertiary alicyclic amines) is 1. The fraction of sp³-hybridized carbons (Fsp3) is 0.357. The molecule has 0 saturated carbocycles. The smallest absolute Gasteiger partial charge is 0.256 e. The van der Waals surface area contributed by atoms with E-state index in [1.54, 1.807) is 0 Å². The minimum atomic E-state index is -0.166. The van der Waals surface area contributed by atoms with Crippen LogP contribution in [0.5, 0.6) is 0 Å². The zero-order chi connectivity index (χ0) is 23.8. The Balaban J connectivity index is 1.37. The maximum Gasteiger partial charge on any atom is 0.256 e. The third kappa shape index (κ3) is 4.31. The molecule has 0 unspecified atom stereocenters. The first-order chi connectivity index (χ1) is 16.4. The van der Waals surface area contributed by atoms with Gasteiger partial charge in [0, 0.05) is 47.5 Å². The number of rotatable bonds is 5. The summed E-state index contributed by atoms with van der Waals surface area (Å²) in [7, 11) is 0. The van der Waals surface area contributed by atoms with Gasteiger partial charge in [0.2, 0.25) is 0 Å². The third-order valence-corrected chi connectivity index (χ3v) is 6.80. The van der Waals surface area contributed by atoms with Gasteiger partial charge in [0.15, 0.2) is 0 Å². The number of hydrogen-bond donors (Lipinski definition) is 2. The number of hydrogen-bond acceptors (Lipinski definition) is 4. The molecule has 1 aliphatic rings. The van der Waals surface area contributed by atoms with Crippen molar-refractivity contribution in [2.45, 2.75) is 52.3 Å². The number of piperidine rings is 1. The van der Waals surface area contributed by atoms with Gasteiger partial charge in [-0.1, -0.05) is 30.3 Å². The average molecular weight is 457 g/mol. The number of pyridine rings is 1. The number of aromatic nitrogens is 2.